The first-order valence-electron chi connectivity index (χ1n) is 5.20. The molecule has 1 heterocycles. The van der Waals surface area contributed by atoms with E-state index in [1.807, 2.05) is 24.3 Å². The molecule has 2 aromatic rings. The summed E-state index contributed by atoms with van der Waals surface area (Å²) in [6.45, 7) is 1.69. The van der Waals surface area contributed by atoms with Gasteiger partial charge < -0.3 is 5.21 Å². The first-order valence-corrected chi connectivity index (χ1v) is 5.20. The maximum Gasteiger partial charge on any atom is 0.255 e. The summed E-state index contributed by atoms with van der Waals surface area (Å²) in [4.78, 5) is 11.7. The Morgan fingerprint density at radius 2 is 1.88 bits per heavy atom. The Bertz CT molecular complexity index is 615. The van der Waals surface area contributed by atoms with E-state index in [2.05, 4.69) is 5.16 Å². The molecule has 1 aromatic carbocycles. The van der Waals surface area contributed by atoms with Gasteiger partial charge in [0.15, 0.2) is 0 Å². The quantitative estimate of drug-likeness (QED) is 0.486. The van der Waals surface area contributed by atoms with Crippen LogP contribution in [0.25, 0.3) is 5.69 Å². The average Bonchev–Trinajstić information content (AvgIpc) is 2.38. The summed E-state index contributed by atoms with van der Waals surface area (Å²) >= 11 is 0. The highest BCUT2D eigenvalue weighted by Gasteiger charge is 2.07. The molecule has 0 aliphatic rings. The molecule has 0 unspecified atom stereocenters. The fourth-order valence-electron chi connectivity index (χ4n) is 1.67. The molecule has 17 heavy (non-hydrogen) atoms. The van der Waals surface area contributed by atoms with Crippen molar-refractivity contribution in [1.29, 1.82) is 0 Å². The smallest absolute Gasteiger partial charge is 0.255 e. The third-order valence-electron chi connectivity index (χ3n) is 2.53. The van der Waals surface area contributed by atoms with Crippen LogP contribution in [0.3, 0.4) is 0 Å². The van der Waals surface area contributed by atoms with Gasteiger partial charge >= 0.3 is 0 Å². The van der Waals surface area contributed by atoms with Crippen LogP contribution < -0.4 is 5.56 Å². The molecule has 0 atom stereocenters. The molecule has 0 fully saturated rings. The highest BCUT2D eigenvalue weighted by Crippen LogP contribution is 2.13. The molecule has 0 amide bonds. The van der Waals surface area contributed by atoms with Crippen LogP contribution in [0.5, 0.6) is 0 Å². The van der Waals surface area contributed by atoms with Crippen molar-refractivity contribution in [3.8, 4) is 5.69 Å². The minimum atomic E-state index is -0.120. The summed E-state index contributed by atoms with van der Waals surface area (Å²) in [5, 5.41) is 12.0. The second-order valence-electron chi connectivity index (χ2n) is 3.61. The predicted octanol–water partition coefficient (Wildman–Crippen LogP) is 2.04. The zero-order valence-electron chi connectivity index (χ0n) is 9.37. The third kappa shape index (κ3) is 2.10. The Kier molecular flexibility index (Phi) is 3.05. The van der Waals surface area contributed by atoms with Crippen LogP contribution in [0.15, 0.2) is 58.6 Å². The largest absolute Gasteiger partial charge is 0.411 e. The topological polar surface area (TPSA) is 54.6 Å². The SMILES string of the molecule is C/C(=N\O)c1ccccc1-n1ccccc1=O. The van der Waals surface area contributed by atoms with Gasteiger partial charge in [-0.2, -0.15) is 0 Å². The molecule has 4 nitrogen and oxygen atoms in total. The number of oxime groups is 1. The van der Waals surface area contributed by atoms with Gasteiger partial charge in [-0.15, -0.1) is 0 Å². The number of hydrogen-bond donors (Lipinski definition) is 1. The third-order valence-corrected chi connectivity index (χ3v) is 2.53. The Morgan fingerprint density at radius 1 is 1.18 bits per heavy atom. The molecule has 0 aliphatic carbocycles. The van der Waals surface area contributed by atoms with E-state index in [1.165, 1.54) is 10.6 Å². The molecule has 1 aromatic heterocycles. The maximum atomic E-state index is 11.7. The minimum Gasteiger partial charge on any atom is -0.411 e. The first-order chi connectivity index (χ1) is 8.24. The van der Waals surface area contributed by atoms with E-state index in [9.17, 15) is 4.79 Å². The van der Waals surface area contributed by atoms with Crippen molar-refractivity contribution in [2.24, 2.45) is 5.16 Å². The first kappa shape index (κ1) is 11.1. The van der Waals surface area contributed by atoms with Gasteiger partial charge in [0.2, 0.25) is 0 Å². The van der Waals surface area contributed by atoms with E-state index in [-0.39, 0.29) is 5.56 Å². The van der Waals surface area contributed by atoms with Crippen LogP contribution in [0.2, 0.25) is 0 Å². The van der Waals surface area contributed by atoms with Crippen LogP contribution in [0, 0.1) is 0 Å². The van der Waals surface area contributed by atoms with E-state index in [1.54, 1.807) is 25.3 Å². The monoisotopic (exact) mass is 228 g/mol. The molecule has 0 bridgehead atoms. The number of nitrogens with zero attached hydrogens (tertiary/aromatic N) is 2. The molecule has 0 aliphatic heterocycles. The lowest BCUT2D eigenvalue weighted by Crippen LogP contribution is -2.18. The second kappa shape index (κ2) is 4.65. The second-order valence-corrected chi connectivity index (χ2v) is 3.61. The molecular weight excluding hydrogens is 216 g/mol. The normalized spacial score (nSPS) is 11.5. The average molecular weight is 228 g/mol. The van der Waals surface area contributed by atoms with Crippen molar-refractivity contribution in [3.05, 3.63) is 64.6 Å². The van der Waals surface area contributed by atoms with Gasteiger partial charge in [0.05, 0.1) is 11.4 Å². The van der Waals surface area contributed by atoms with Gasteiger partial charge in [0.1, 0.15) is 0 Å². The summed E-state index contributed by atoms with van der Waals surface area (Å²) in [6, 6.07) is 12.2. The molecule has 0 saturated carbocycles. The van der Waals surface area contributed by atoms with Crippen LogP contribution >= 0.6 is 0 Å². The van der Waals surface area contributed by atoms with Crippen molar-refractivity contribution in [2.75, 3.05) is 0 Å². The maximum absolute atomic E-state index is 11.7. The summed E-state index contributed by atoms with van der Waals surface area (Å²) in [6.07, 6.45) is 1.69. The number of rotatable bonds is 2. The van der Waals surface area contributed by atoms with Crippen molar-refractivity contribution < 1.29 is 5.21 Å². The summed E-state index contributed by atoms with van der Waals surface area (Å²) in [5.41, 5.74) is 1.78. The molecule has 2 rings (SSSR count). The fraction of sp³-hybridized carbons (Fsp3) is 0.0769. The van der Waals surface area contributed by atoms with Gasteiger partial charge in [0.25, 0.3) is 5.56 Å². The fourth-order valence-corrected chi connectivity index (χ4v) is 1.67. The molecule has 0 saturated heterocycles. The van der Waals surface area contributed by atoms with Crippen LogP contribution in [0.4, 0.5) is 0 Å². The molecule has 1 N–H and O–H groups in total. The summed E-state index contributed by atoms with van der Waals surface area (Å²) in [7, 11) is 0. The lowest BCUT2D eigenvalue weighted by Gasteiger charge is -2.10. The number of pyridine rings is 1. The van der Waals surface area contributed by atoms with E-state index in [0.29, 0.717) is 11.4 Å². The summed E-state index contributed by atoms with van der Waals surface area (Å²) < 4.78 is 1.52. The zero-order valence-corrected chi connectivity index (χ0v) is 9.37. The number of aromatic nitrogens is 1. The zero-order chi connectivity index (χ0) is 12.3. The van der Waals surface area contributed by atoms with Crippen molar-refractivity contribution >= 4 is 5.71 Å². The van der Waals surface area contributed by atoms with Crippen LogP contribution in [0.1, 0.15) is 12.5 Å². The summed E-state index contributed by atoms with van der Waals surface area (Å²) in [5.74, 6) is 0. The molecule has 0 spiro atoms. The Hall–Kier alpha value is -2.36. The van der Waals surface area contributed by atoms with Gasteiger partial charge in [-0.05, 0) is 19.1 Å². The van der Waals surface area contributed by atoms with Crippen LogP contribution in [-0.4, -0.2) is 15.5 Å². The van der Waals surface area contributed by atoms with E-state index in [4.69, 9.17) is 5.21 Å². The standard InChI is InChI=1S/C13H12N2O2/c1-10(14-17)11-6-2-3-7-12(11)15-9-5-4-8-13(15)16/h2-9,17H,1H3/b14-10+. The predicted molar refractivity (Wildman–Crippen MR) is 66.0 cm³/mol. The lowest BCUT2D eigenvalue weighted by molar-refractivity contribution is 0.319. The Morgan fingerprint density at radius 3 is 2.59 bits per heavy atom. The van der Waals surface area contributed by atoms with Gasteiger partial charge in [-0.3, -0.25) is 9.36 Å². The van der Waals surface area contributed by atoms with E-state index in [0.717, 1.165) is 5.56 Å². The minimum absolute atomic E-state index is 0.120. The van der Waals surface area contributed by atoms with E-state index < -0.39 is 0 Å². The number of hydrogen-bond acceptors (Lipinski definition) is 3. The molecular formula is C13H12N2O2. The number of benzene rings is 1. The van der Waals surface area contributed by atoms with Gasteiger partial charge in [-0.1, -0.05) is 29.4 Å². The molecule has 4 heteroatoms. The number of para-hydroxylation sites is 1. The highest BCUT2D eigenvalue weighted by molar-refractivity contribution is 6.01. The highest BCUT2D eigenvalue weighted by atomic mass is 16.4. The van der Waals surface area contributed by atoms with Crippen molar-refractivity contribution in [1.82, 2.24) is 4.57 Å². The van der Waals surface area contributed by atoms with E-state index >= 15 is 0 Å². The van der Waals surface area contributed by atoms with Crippen LogP contribution in [-0.2, 0) is 0 Å². The molecule has 86 valence electrons. The van der Waals surface area contributed by atoms with Crippen molar-refractivity contribution in [2.45, 2.75) is 6.92 Å². The Balaban J connectivity index is 2.69. The van der Waals surface area contributed by atoms with Gasteiger partial charge in [0, 0.05) is 17.8 Å². The van der Waals surface area contributed by atoms with Crippen molar-refractivity contribution in [3.63, 3.8) is 0 Å². The lowest BCUT2D eigenvalue weighted by atomic mass is 10.1. The van der Waals surface area contributed by atoms with Gasteiger partial charge in [-0.25, -0.2) is 0 Å². The molecule has 0 radical (unpaired) electrons. The Labute approximate surface area is 98.5 Å².